The highest BCUT2D eigenvalue weighted by molar-refractivity contribution is 5.76. The molecule has 0 spiro atoms. The standard InChI is InChI=1S/C28H30F8O3/c1-3-5-6-7-8-9-14-10-12-15(13-11-14)28(37)39-27-24(35)20(31)17(21(32)25(27)36)16-18(29)22(33)26(38-4-2)23(34)19(16)30/h14-15H,3-13H2,1-2H3. The highest BCUT2D eigenvalue weighted by Crippen LogP contribution is 2.42. The van der Waals surface area contributed by atoms with Gasteiger partial charge in [-0.25, -0.2) is 17.6 Å². The zero-order valence-corrected chi connectivity index (χ0v) is 21.7. The van der Waals surface area contributed by atoms with Crippen LogP contribution in [0.15, 0.2) is 0 Å². The van der Waals surface area contributed by atoms with Gasteiger partial charge in [0.1, 0.15) is 0 Å². The number of esters is 1. The van der Waals surface area contributed by atoms with Crippen LogP contribution in [0.1, 0.15) is 78.1 Å². The molecule has 2 aromatic rings. The van der Waals surface area contributed by atoms with Crippen molar-refractivity contribution in [2.24, 2.45) is 11.8 Å². The molecule has 0 bridgehead atoms. The summed E-state index contributed by atoms with van der Waals surface area (Å²) < 4.78 is 126. The Bertz CT molecular complexity index is 1130. The molecular formula is C28H30F8O3. The number of hydrogen-bond acceptors (Lipinski definition) is 3. The van der Waals surface area contributed by atoms with Gasteiger partial charge < -0.3 is 9.47 Å². The van der Waals surface area contributed by atoms with Crippen molar-refractivity contribution in [1.82, 2.24) is 0 Å². The lowest BCUT2D eigenvalue weighted by Gasteiger charge is -2.27. The van der Waals surface area contributed by atoms with Crippen LogP contribution in [0.3, 0.4) is 0 Å². The SMILES string of the molecule is CCCCCCCC1CCC(C(=O)Oc2c(F)c(F)c(-c3c(F)c(F)c(OCC)c(F)c3F)c(F)c2F)CC1. The molecule has 3 nitrogen and oxygen atoms in total. The molecule has 3 rings (SSSR count). The predicted octanol–water partition coefficient (Wildman–Crippen LogP) is 8.94. The van der Waals surface area contributed by atoms with Gasteiger partial charge in [-0.15, -0.1) is 0 Å². The third-order valence-electron chi connectivity index (χ3n) is 7.08. The summed E-state index contributed by atoms with van der Waals surface area (Å²) in [5.74, 6) is -23.1. The Labute approximate surface area is 221 Å². The summed E-state index contributed by atoms with van der Waals surface area (Å²) in [6.45, 7) is 2.95. The Morgan fingerprint density at radius 3 is 1.56 bits per heavy atom. The average Bonchev–Trinajstić information content (AvgIpc) is 2.93. The largest absolute Gasteiger partial charge is 0.488 e. The topological polar surface area (TPSA) is 35.5 Å². The maximum Gasteiger partial charge on any atom is 0.314 e. The Morgan fingerprint density at radius 2 is 1.10 bits per heavy atom. The molecule has 0 aliphatic heterocycles. The van der Waals surface area contributed by atoms with E-state index < -0.39 is 87.7 Å². The second-order valence-electron chi connectivity index (χ2n) is 9.69. The monoisotopic (exact) mass is 566 g/mol. The number of benzene rings is 2. The molecule has 1 fully saturated rings. The van der Waals surface area contributed by atoms with Crippen molar-refractivity contribution in [3.8, 4) is 22.6 Å². The second kappa shape index (κ2) is 13.5. The number of carbonyl (C=O) groups excluding carboxylic acids is 1. The molecule has 1 saturated carbocycles. The second-order valence-corrected chi connectivity index (χ2v) is 9.69. The van der Waals surface area contributed by atoms with E-state index in [9.17, 15) is 39.9 Å². The first kappa shape index (κ1) is 30.7. The molecule has 0 aromatic heterocycles. The van der Waals surface area contributed by atoms with E-state index in [0.29, 0.717) is 31.6 Å². The number of carbonyl (C=O) groups is 1. The van der Waals surface area contributed by atoms with Crippen LogP contribution in [-0.4, -0.2) is 12.6 Å². The van der Waals surface area contributed by atoms with Gasteiger partial charge in [-0.05, 0) is 38.5 Å². The predicted molar refractivity (Wildman–Crippen MR) is 127 cm³/mol. The lowest BCUT2D eigenvalue weighted by atomic mass is 9.80. The molecule has 39 heavy (non-hydrogen) atoms. The minimum absolute atomic E-state index is 0.353. The van der Waals surface area contributed by atoms with Crippen LogP contribution >= 0.6 is 0 Å². The fourth-order valence-corrected chi connectivity index (χ4v) is 4.93. The van der Waals surface area contributed by atoms with Crippen molar-refractivity contribution in [3.63, 3.8) is 0 Å². The molecule has 0 N–H and O–H groups in total. The molecule has 0 saturated heterocycles. The highest BCUT2D eigenvalue weighted by Gasteiger charge is 2.37. The van der Waals surface area contributed by atoms with E-state index in [-0.39, 0.29) is 0 Å². The quantitative estimate of drug-likeness (QED) is 0.0896. The molecular weight excluding hydrogens is 536 g/mol. The lowest BCUT2D eigenvalue weighted by Crippen LogP contribution is -2.26. The van der Waals surface area contributed by atoms with Gasteiger partial charge in [-0.2, -0.15) is 17.6 Å². The third kappa shape index (κ3) is 6.49. The van der Waals surface area contributed by atoms with Gasteiger partial charge in [0.2, 0.25) is 29.0 Å². The lowest BCUT2D eigenvalue weighted by molar-refractivity contribution is -0.140. The van der Waals surface area contributed by atoms with Crippen LogP contribution in [-0.2, 0) is 4.79 Å². The molecule has 0 heterocycles. The first-order valence-electron chi connectivity index (χ1n) is 13.1. The normalized spacial score (nSPS) is 17.4. The van der Waals surface area contributed by atoms with Crippen LogP contribution in [0.2, 0.25) is 0 Å². The van der Waals surface area contributed by atoms with Gasteiger partial charge in [-0.1, -0.05) is 45.4 Å². The van der Waals surface area contributed by atoms with E-state index in [4.69, 9.17) is 0 Å². The fraction of sp³-hybridized carbons (Fsp3) is 0.536. The van der Waals surface area contributed by atoms with Gasteiger partial charge in [0.05, 0.1) is 23.7 Å². The van der Waals surface area contributed by atoms with Gasteiger partial charge in [-0.3, -0.25) is 4.79 Å². The van der Waals surface area contributed by atoms with E-state index in [0.717, 1.165) is 32.1 Å². The Hall–Kier alpha value is -2.85. The van der Waals surface area contributed by atoms with Crippen LogP contribution in [0, 0.1) is 58.4 Å². The minimum atomic E-state index is -2.40. The van der Waals surface area contributed by atoms with E-state index in [2.05, 4.69) is 16.4 Å². The van der Waals surface area contributed by atoms with Crippen molar-refractivity contribution in [2.75, 3.05) is 6.61 Å². The summed E-state index contributed by atoms with van der Waals surface area (Å²) >= 11 is 0. The van der Waals surface area contributed by atoms with E-state index in [1.807, 2.05) is 0 Å². The number of halogens is 8. The summed E-state index contributed by atoms with van der Waals surface area (Å²) in [4.78, 5) is 12.6. The Kier molecular flexibility index (Phi) is 10.6. The maximum atomic E-state index is 14.8. The molecule has 0 amide bonds. The number of ether oxygens (including phenoxy) is 2. The molecule has 0 atom stereocenters. The summed E-state index contributed by atoms with van der Waals surface area (Å²) in [6.07, 6.45) is 8.69. The Morgan fingerprint density at radius 1 is 0.641 bits per heavy atom. The van der Waals surface area contributed by atoms with Crippen LogP contribution in [0.5, 0.6) is 11.5 Å². The average molecular weight is 567 g/mol. The van der Waals surface area contributed by atoms with Gasteiger partial charge >= 0.3 is 5.97 Å². The smallest absolute Gasteiger partial charge is 0.314 e. The summed E-state index contributed by atoms with van der Waals surface area (Å²) in [5.41, 5.74) is -4.06. The van der Waals surface area contributed by atoms with E-state index in [1.54, 1.807) is 0 Å². The zero-order chi connectivity index (χ0) is 28.9. The summed E-state index contributed by atoms with van der Waals surface area (Å²) in [5, 5.41) is 0. The van der Waals surface area contributed by atoms with Gasteiger partial charge in [0.25, 0.3) is 0 Å². The molecule has 0 radical (unpaired) electrons. The van der Waals surface area contributed by atoms with E-state index in [1.165, 1.54) is 13.3 Å². The van der Waals surface area contributed by atoms with Gasteiger partial charge in [0, 0.05) is 0 Å². The number of hydrogen-bond donors (Lipinski definition) is 0. The highest BCUT2D eigenvalue weighted by atomic mass is 19.2. The molecule has 0 unspecified atom stereocenters. The van der Waals surface area contributed by atoms with Gasteiger partial charge in [0.15, 0.2) is 29.0 Å². The van der Waals surface area contributed by atoms with Crippen LogP contribution in [0.25, 0.3) is 11.1 Å². The van der Waals surface area contributed by atoms with Crippen molar-refractivity contribution < 1.29 is 49.4 Å². The molecule has 2 aromatic carbocycles. The first-order chi connectivity index (χ1) is 18.5. The molecule has 11 heteroatoms. The molecule has 1 aliphatic carbocycles. The van der Waals surface area contributed by atoms with Crippen LogP contribution in [0.4, 0.5) is 35.1 Å². The van der Waals surface area contributed by atoms with E-state index >= 15 is 0 Å². The molecule has 1 aliphatic rings. The zero-order valence-electron chi connectivity index (χ0n) is 21.7. The molecule has 216 valence electrons. The first-order valence-corrected chi connectivity index (χ1v) is 13.1. The van der Waals surface area contributed by atoms with Crippen molar-refractivity contribution in [2.45, 2.75) is 78.1 Å². The third-order valence-corrected chi connectivity index (χ3v) is 7.08. The van der Waals surface area contributed by atoms with Crippen LogP contribution < -0.4 is 9.47 Å². The fourth-order valence-electron chi connectivity index (χ4n) is 4.93. The number of unbranched alkanes of at least 4 members (excludes halogenated alkanes) is 4. The summed E-state index contributed by atoms with van der Waals surface area (Å²) in [6, 6.07) is 0. The minimum Gasteiger partial charge on any atom is -0.488 e. The Balaban J connectivity index is 1.81. The van der Waals surface area contributed by atoms with Crippen molar-refractivity contribution in [1.29, 1.82) is 0 Å². The maximum absolute atomic E-state index is 14.8. The van der Waals surface area contributed by atoms with Crippen molar-refractivity contribution >= 4 is 5.97 Å². The number of rotatable bonds is 11. The van der Waals surface area contributed by atoms with Crippen molar-refractivity contribution in [3.05, 3.63) is 46.5 Å². The summed E-state index contributed by atoms with van der Waals surface area (Å²) in [7, 11) is 0.